The fourth-order valence-corrected chi connectivity index (χ4v) is 2.62. The molecule has 106 valence electrons. The third kappa shape index (κ3) is 3.07. The minimum atomic E-state index is -0.662. The molecule has 0 aromatic heterocycles. The van der Waals surface area contributed by atoms with Crippen molar-refractivity contribution in [2.75, 3.05) is 25.1 Å². The van der Waals surface area contributed by atoms with Gasteiger partial charge >= 0.3 is 0 Å². The third-order valence-electron chi connectivity index (χ3n) is 3.87. The first-order valence-electron chi connectivity index (χ1n) is 6.78. The van der Waals surface area contributed by atoms with Crippen molar-refractivity contribution in [3.8, 4) is 0 Å². The second kappa shape index (κ2) is 5.88. The molecule has 1 N–H and O–H groups in total. The molecule has 1 aromatic rings. The molecule has 2 rings (SSSR count). The zero-order valence-corrected chi connectivity index (χ0v) is 11.8. The van der Waals surface area contributed by atoms with Crippen molar-refractivity contribution in [1.29, 1.82) is 0 Å². The van der Waals surface area contributed by atoms with Crippen molar-refractivity contribution in [3.63, 3.8) is 0 Å². The summed E-state index contributed by atoms with van der Waals surface area (Å²) in [6.45, 7) is 5.19. The summed E-state index contributed by atoms with van der Waals surface area (Å²) < 4.78 is 19.0. The molecule has 0 bridgehead atoms. The van der Waals surface area contributed by atoms with E-state index < -0.39 is 6.10 Å². The Bertz CT molecular complexity index is 440. The van der Waals surface area contributed by atoms with E-state index in [0.29, 0.717) is 17.2 Å². The Morgan fingerprint density at radius 2 is 2.00 bits per heavy atom. The van der Waals surface area contributed by atoms with Gasteiger partial charge in [0.2, 0.25) is 0 Å². The molecule has 0 amide bonds. The van der Waals surface area contributed by atoms with Crippen molar-refractivity contribution >= 4 is 5.69 Å². The van der Waals surface area contributed by atoms with Crippen LogP contribution in [0.15, 0.2) is 12.1 Å². The first kappa shape index (κ1) is 14.3. The molecule has 1 heterocycles. The molecule has 1 saturated heterocycles. The van der Waals surface area contributed by atoms with E-state index in [1.807, 2.05) is 6.07 Å². The number of rotatable bonds is 3. The lowest BCUT2D eigenvalue weighted by atomic mass is 10.0. The van der Waals surface area contributed by atoms with Crippen LogP contribution in [0.3, 0.4) is 0 Å². The van der Waals surface area contributed by atoms with Crippen molar-refractivity contribution in [2.45, 2.75) is 38.9 Å². The predicted octanol–water partition coefficient (Wildman–Crippen LogP) is 2.80. The summed E-state index contributed by atoms with van der Waals surface area (Å²) in [6, 6.07) is 3.29. The maximum atomic E-state index is 13.7. The molecule has 0 spiro atoms. The number of hydrogen-bond acceptors (Lipinski definition) is 3. The highest BCUT2D eigenvalue weighted by molar-refractivity contribution is 5.57. The highest BCUT2D eigenvalue weighted by atomic mass is 19.1. The standard InChI is InChI=1S/C15H22FNO2/c1-10-8-15(13(11(2)18)9-14(10)16)17-6-4-12(19-3)5-7-17/h8-9,11-12,18H,4-7H2,1-3H3/t11-/m0/s1. The number of halogens is 1. The zero-order chi connectivity index (χ0) is 14.0. The smallest absolute Gasteiger partial charge is 0.126 e. The number of benzene rings is 1. The topological polar surface area (TPSA) is 32.7 Å². The van der Waals surface area contributed by atoms with E-state index in [2.05, 4.69) is 4.90 Å². The van der Waals surface area contributed by atoms with Gasteiger partial charge in [0.05, 0.1) is 12.2 Å². The SMILES string of the molecule is COC1CCN(c2cc(C)c(F)cc2[C@H](C)O)CC1. The summed E-state index contributed by atoms with van der Waals surface area (Å²) in [7, 11) is 1.74. The lowest BCUT2D eigenvalue weighted by molar-refractivity contribution is 0.0818. The number of piperidine rings is 1. The van der Waals surface area contributed by atoms with Crippen LogP contribution in [-0.2, 0) is 4.74 Å². The summed E-state index contributed by atoms with van der Waals surface area (Å²) in [4.78, 5) is 2.21. The van der Waals surface area contributed by atoms with E-state index in [1.165, 1.54) is 6.07 Å². The average Bonchev–Trinajstić information content (AvgIpc) is 2.41. The Labute approximate surface area is 114 Å². The molecule has 1 aliphatic rings. The van der Waals surface area contributed by atoms with Crippen LogP contribution < -0.4 is 4.90 Å². The number of ether oxygens (including phenoxy) is 1. The maximum Gasteiger partial charge on any atom is 0.126 e. The van der Waals surface area contributed by atoms with Crippen LogP contribution in [0, 0.1) is 12.7 Å². The number of nitrogens with zero attached hydrogens (tertiary/aromatic N) is 1. The quantitative estimate of drug-likeness (QED) is 0.914. The van der Waals surface area contributed by atoms with Gasteiger partial charge in [-0.25, -0.2) is 4.39 Å². The van der Waals surface area contributed by atoms with Gasteiger partial charge in [0, 0.05) is 31.5 Å². The van der Waals surface area contributed by atoms with Crippen LogP contribution in [0.25, 0.3) is 0 Å². The van der Waals surface area contributed by atoms with Crippen LogP contribution in [0.2, 0.25) is 0 Å². The van der Waals surface area contributed by atoms with E-state index in [-0.39, 0.29) is 5.82 Å². The Morgan fingerprint density at radius 3 is 2.53 bits per heavy atom. The summed E-state index contributed by atoms with van der Waals surface area (Å²) in [5.41, 5.74) is 2.23. The fourth-order valence-electron chi connectivity index (χ4n) is 2.62. The van der Waals surface area contributed by atoms with Gasteiger partial charge in [0.25, 0.3) is 0 Å². The first-order valence-corrected chi connectivity index (χ1v) is 6.78. The first-order chi connectivity index (χ1) is 9.02. The highest BCUT2D eigenvalue weighted by Crippen LogP contribution is 2.31. The van der Waals surface area contributed by atoms with Gasteiger partial charge in [-0.2, -0.15) is 0 Å². The molecular formula is C15H22FNO2. The van der Waals surface area contributed by atoms with E-state index in [9.17, 15) is 9.50 Å². The molecule has 0 aliphatic carbocycles. The molecule has 1 fully saturated rings. The van der Waals surface area contributed by atoms with Crippen LogP contribution in [0.5, 0.6) is 0 Å². The molecule has 4 heteroatoms. The van der Waals surface area contributed by atoms with Crippen LogP contribution in [0.4, 0.5) is 10.1 Å². The van der Waals surface area contributed by atoms with Gasteiger partial charge in [-0.3, -0.25) is 0 Å². The van der Waals surface area contributed by atoms with Gasteiger partial charge in [0.1, 0.15) is 5.82 Å². The fraction of sp³-hybridized carbons (Fsp3) is 0.600. The number of aryl methyl sites for hydroxylation is 1. The number of aliphatic hydroxyl groups is 1. The third-order valence-corrected chi connectivity index (χ3v) is 3.87. The highest BCUT2D eigenvalue weighted by Gasteiger charge is 2.22. The van der Waals surface area contributed by atoms with E-state index >= 15 is 0 Å². The Kier molecular flexibility index (Phi) is 4.42. The summed E-state index contributed by atoms with van der Waals surface area (Å²) in [5.74, 6) is -0.258. The molecule has 1 aliphatic heterocycles. The Morgan fingerprint density at radius 1 is 1.37 bits per heavy atom. The molecule has 0 radical (unpaired) electrons. The molecule has 0 saturated carbocycles. The Balaban J connectivity index is 2.26. The lowest BCUT2D eigenvalue weighted by Gasteiger charge is -2.34. The molecule has 0 unspecified atom stereocenters. The van der Waals surface area contributed by atoms with Crippen molar-refractivity contribution < 1.29 is 14.2 Å². The van der Waals surface area contributed by atoms with E-state index in [0.717, 1.165) is 31.6 Å². The van der Waals surface area contributed by atoms with Gasteiger partial charge in [0.15, 0.2) is 0 Å². The van der Waals surface area contributed by atoms with E-state index in [4.69, 9.17) is 4.74 Å². The average molecular weight is 267 g/mol. The van der Waals surface area contributed by atoms with Crippen molar-refractivity contribution in [2.24, 2.45) is 0 Å². The van der Waals surface area contributed by atoms with Crippen LogP contribution >= 0.6 is 0 Å². The van der Waals surface area contributed by atoms with Crippen molar-refractivity contribution in [1.82, 2.24) is 0 Å². The minimum absolute atomic E-state index is 0.258. The molecule has 1 atom stereocenters. The number of aliphatic hydroxyl groups excluding tert-OH is 1. The van der Waals surface area contributed by atoms with Crippen LogP contribution in [0.1, 0.15) is 37.0 Å². The number of anilines is 1. The summed E-state index contributed by atoms with van der Waals surface area (Å²) in [5, 5.41) is 9.83. The van der Waals surface area contributed by atoms with Crippen molar-refractivity contribution in [3.05, 3.63) is 29.1 Å². The van der Waals surface area contributed by atoms with Gasteiger partial charge < -0.3 is 14.7 Å². The maximum absolute atomic E-state index is 13.7. The largest absolute Gasteiger partial charge is 0.389 e. The zero-order valence-electron chi connectivity index (χ0n) is 11.8. The predicted molar refractivity (Wildman–Crippen MR) is 74.0 cm³/mol. The normalized spacial score (nSPS) is 18.7. The van der Waals surface area contributed by atoms with Gasteiger partial charge in [-0.15, -0.1) is 0 Å². The molecule has 19 heavy (non-hydrogen) atoms. The molecule has 3 nitrogen and oxygen atoms in total. The molecular weight excluding hydrogens is 245 g/mol. The summed E-state index contributed by atoms with van der Waals surface area (Å²) in [6.07, 6.45) is 1.58. The lowest BCUT2D eigenvalue weighted by Crippen LogP contribution is -2.37. The number of hydrogen-bond donors (Lipinski definition) is 1. The minimum Gasteiger partial charge on any atom is -0.389 e. The second-order valence-electron chi connectivity index (χ2n) is 5.26. The van der Waals surface area contributed by atoms with Gasteiger partial charge in [-0.05, 0) is 44.4 Å². The molecule has 1 aromatic carbocycles. The van der Waals surface area contributed by atoms with E-state index in [1.54, 1.807) is 21.0 Å². The second-order valence-corrected chi connectivity index (χ2v) is 5.26. The van der Waals surface area contributed by atoms with Crippen LogP contribution in [-0.4, -0.2) is 31.4 Å². The summed E-state index contributed by atoms with van der Waals surface area (Å²) >= 11 is 0. The van der Waals surface area contributed by atoms with Gasteiger partial charge in [-0.1, -0.05) is 0 Å². The Hall–Kier alpha value is -1.13. The number of methoxy groups -OCH3 is 1. The monoisotopic (exact) mass is 267 g/mol.